The minimum absolute atomic E-state index is 0.0170. The highest BCUT2D eigenvalue weighted by atomic mass is 16.5. The van der Waals surface area contributed by atoms with Crippen LogP contribution in [0.25, 0.3) is 22.3 Å². The number of carboxylic acids is 1. The number of amides is 6. The average Bonchev–Trinajstić information content (AvgIpc) is 3.92. The molecule has 5 rings (SSSR count). The number of hydrogen-bond acceptors (Lipinski definition) is 17. The monoisotopic (exact) mass is 942 g/mol. The number of hydrogen-bond donors (Lipinski definition) is 8. The number of nitrogens with zero attached hydrogens (tertiary/aromatic N) is 11. The molecule has 12 N–H and O–H groups in total. The van der Waals surface area contributed by atoms with E-state index in [1.807, 2.05) is 6.07 Å². The number of guanidine groups is 1. The Kier molecular flexibility index (Phi) is 18.7. The molecule has 362 valence electrons. The number of carboxylic acid groups (broad SMARTS) is 1. The van der Waals surface area contributed by atoms with Crippen molar-refractivity contribution in [2.75, 3.05) is 50.7 Å². The summed E-state index contributed by atoms with van der Waals surface area (Å²) in [7, 11) is 0. The molecule has 1 atom stereocenters. The van der Waals surface area contributed by atoms with Gasteiger partial charge in [0, 0.05) is 32.6 Å². The molecule has 0 saturated carbocycles. The number of aromatic nitrogens is 8. The van der Waals surface area contributed by atoms with E-state index in [9.17, 15) is 38.7 Å². The first kappa shape index (κ1) is 50.5. The molecule has 0 aliphatic heterocycles. The molecule has 1 aromatic carbocycles. The van der Waals surface area contributed by atoms with Crippen LogP contribution in [0.5, 0.6) is 0 Å². The van der Waals surface area contributed by atoms with Crippen molar-refractivity contribution in [3.05, 3.63) is 61.2 Å². The molecule has 0 aliphatic carbocycles. The normalized spacial score (nSPS) is 11.4. The minimum atomic E-state index is -1.17. The Bertz CT molecular complexity index is 2580. The van der Waals surface area contributed by atoms with Crippen LogP contribution < -0.4 is 38.9 Å². The predicted octanol–water partition coefficient (Wildman–Crippen LogP) is -1.37. The van der Waals surface area contributed by atoms with Gasteiger partial charge in [-0.1, -0.05) is 43.2 Å². The zero-order chi connectivity index (χ0) is 49.0. The van der Waals surface area contributed by atoms with Crippen molar-refractivity contribution in [2.45, 2.75) is 70.7 Å². The molecule has 4 aromatic heterocycles. The number of aliphatic carboxylic acids is 1. The molecule has 0 spiro atoms. The Hall–Kier alpha value is -8.52. The second kappa shape index (κ2) is 25.2. The number of anilines is 2. The number of carbonyl (C=O) groups excluding carboxylic acids is 6. The molecule has 0 fully saturated rings. The number of aliphatic imine (C=N–C) groups is 1. The Morgan fingerprint density at radius 2 is 1.35 bits per heavy atom. The van der Waals surface area contributed by atoms with Crippen LogP contribution in [0.3, 0.4) is 0 Å². The lowest BCUT2D eigenvalue weighted by Crippen LogP contribution is -2.51. The molecule has 27 nitrogen and oxygen atoms in total. The van der Waals surface area contributed by atoms with Crippen LogP contribution in [-0.2, 0) is 53.2 Å². The van der Waals surface area contributed by atoms with Crippen molar-refractivity contribution < 1.29 is 43.4 Å². The van der Waals surface area contributed by atoms with Gasteiger partial charge in [-0.25, -0.2) is 39.5 Å². The highest BCUT2D eigenvalue weighted by Crippen LogP contribution is 2.16. The number of nitrogens with one attached hydrogen (secondary N) is 3. The quantitative estimate of drug-likeness (QED) is 0.0180. The number of rotatable bonds is 26. The van der Waals surface area contributed by atoms with E-state index in [4.69, 9.17) is 27.7 Å². The van der Waals surface area contributed by atoms with Crippen LogP contribution >= 0.6 is 0 Å². The van der Waals surface area contributed by atoms with Gasteiger partial charge in [0.25, 0.3) is 0 Å². The third kappa shape index (κ3) is 15.3. The van der Waals surface area contributed by atoms with Crippen molar-refractivity contribution in [2.24, 2.45) is 16.5 Å². The Labute approximate surface area is 388 Å². The lowest BCUT2D eigenvalue weighted by atomic mass is 10.1. The summed E-state index contributed by atoms with van der Waals surface area (Å²) in [4.78, 5) is 122. The molecule has 0 unspecified atom stereocenters. The summed E-state index contributed by atoms with van der Waals surface area (Å²) < 4.78 is 8.01. The van der Waals surface area contributed by atoms with E-state index in [1.165, 1.54) is 34.4 Å². The largest absolute Gasteiger partial charge is 0.480 e. The Balaban J connectivity index is 1.21. The fourth-order valence-corrected chi connectivity index (χ4v) is 6.65. The number of ether oxygens (including phenoxy) is 1. The fourth-order valence-electron chi connectivity index (χ4n) is 6.65. The number of fused-ring (bicyclic) bond motifs is 2. The van der Waals surface area contributed by atoms with E-state index in [2.05, 4.69) is 50.8 Å². The number of nitrogens with two attached hydrogens (primary N) is 4. The van der Waals surface area contributed by atoms with Gasteiger partial charge in [0.2, 0.25) is 29.5 Å². The summed E-state index contributed by atoms with van der Waals surface area (Å²) >= 11 is 0. The summed E-state index contributed by atoms with van der Waals surface area (Å²) in [6, 6.07) is 7.87. The number of imide groups is 1. The predicted molar refractivity (Wildman–Crippen MR) is 243 cm³/mol. The highest BCUT2D eigenvalue weighted by Gasteiger charge is 2.29. The third-order valence-corrected chi connectivity index (χ3v) is 10.1. The first-order chi connectivity index (χ1) is 32.7. The van der Waals surface area contributed by atoms with E-state index >= 15 is 0 Å². The van der Waals surface area contributed by atoms with Crippen LogP contribution in [0.15, 0.2) is 60.6 Å². The number of unbranched alkanes of at least 4 members (excludes halogenated alkanes) is 3. The van der Waals surface area contributed by atoms with E-state index in [0.717, 1.165) is 10.5 Å². The first-order valence-corrected chi connectivity index (χ1v) is 21.4. The maximum Gasteiger partial charge on any atom is 0.407 e. The van der Waals surface area contributed by atoms with E-state index in [0.29, 0.717) is 37.0 Å². The molecule has 0 radical (unpaired) electrons. The molecular formula is C41H54N18O9. The maximum atomic E-state index is 14.2. The van der Waals surface area contributed by atoms with Gasteiger partial charge in [-0.05, 0) is 31.2 Å². The second-order valence-corrected chi connectivity index (χ2v) is 15.2. The van der Waals surface area contributed by atoms with E-state index in [1.54, 1.807) is 24.3 Å². The lowest BCUT2D eigenvalue weighted by molar-refractivity contribution is -0.151. The van der Waals surface area contributed by atoms with Gasteiger partial charge in [0.15, 0.2) is 28.9 Å². The SMILES string of the molecule is NC(N)=NCCC[C@H](NC(=O)CCCCCCNC(=O)CN(C(=O)CN(CCNC(=O)OCc1ccccc1)C(=O)Cn1cnc2c(N)ncnc21)C(=O)Cn1cnc2c(N)ncnc21)C(=O)O. The van der Waals surface area contributed by atoms with Crippen molar-refractivity contribution in [1.82, 2.24) is 64.8 Å². The topological polar surface area (TPSA) is 395 Å². The average molecular weight is 943 g/mol. The maximum absolute atomic E-state index is 14.2. The molecule has 4 heterocycles. The summed E-state index contributed by atoms with van der Waals surface area (Å²) in [6.45, 7) is -2.35. The van der Waals surface area contributed by atoms with Crippen LogP contribution in [-0.4, -0.2) is 147 Å². The number of benzene rings is 1. The minimum Gasteiger partial charge on any atom is -0.480 e. The number of nitrogen functional groups attached to an aromatic ring is 2. The van der Waals surface area contributed by atoms with Gasteiger partial charge in [0.05, 0.1) is 12.7 Å². The van der Waals surface area contributed by atoms with Crippen molar-refractivity contribution in [3.63, 3.8) is 0 Å². The number of alkyl carbamates (subject to hydrolysis) is 1. The van der Waals surface area contributed by atoms with E-state index in [-0.39, 0.29) is 92.1 Å². The van der Waals surface area contributed by atoms with Crippen LogP contribution in [0.4, 0.5) is 16.4 Å². The number of imidazole rings is 2. The van der Waals surface area contributed by atoms with Gasteiger partial charge in [-0.2, -0.15) is 0 Å². The Morgan fingerprint density at radius 1 is 0.721 bits per heavy atom. The number of carbonyl (C=O) groups is 7. The zero-order valence-electron chi connectivity index (χ0n) is 37.0. The summed E-state index contributed by atoms with van der Waals surface area (Å²) in [5.74, 6) is -4.66. The van der Waals surface area contributed by atoms with E-state index < -0.39 is 67.3 Å². The third-order valence-electron chi connectivity index (χ3n) is 10.1. The molecule has 27 heteroatoms. The first-order valence-electron chi connectivity index (χ1n) is 21.4. The van der Waals surface area contributed by atoms with Gasteiger partial charge in [-0.15, -0.1) is 0 Å². The van der Waals surface area contributed by atoms with Gasteiger partial charge in [-0.3, -0.25) is 33.9 Å². The van der Waals surface area contributed by atoms with Gasteiger partial charge >= 0.3 is 12.1 Å². The van der Waals surface area contributed by atoms with Gasteiger partial charge in [0.1, 0.15) is 62.5 Å². The smallest absolute Gasteiger partial charge is 0.407 e. The lowest BCUT2D eigenvalue weighted by Gasteiger charge is -2.27. The van der Waals surface area contributed by atoms with Crippen LogP contribution in [0.1, 0.15) is 50.5 Å². The summed E-state index contributed by atoms with van der Waals surface area (Å²) in [5.41, 5.74) is 24.1. The molecule has 68 heavy (non-hydrogen) atoms. The van der Waals surface area contributed by atoms with Crippen molar-refractivity contribution in [3.8, 4) is 0 Å². The highest BCUT2D eigenvalue weighted by molar-refractivity contribution is 6.01. The standard InChI is InChI=1S/C41H54N18O9/c42-35-33-37(51-22-49-35)57(24-53-33)18-30(62)56(16-15-48-41(67)68-21-26-9-4-3-5-10-26)19-31(63)59(32(64)20-58-25-54-34-36(43)50-23-52-38(34)58)17-29(61)46-13-7-2-1-6-12-28(60)55-27(39(65)66)11-8-14-47-40(44)45/h3-5,9-10,22-25,27H,1-2,6-8,11-21H2,(H,46,61)(H,48,67)(H,55,60)(H,65,66)(H2,42,49,51)(H2,43,50,52)(H4,44,45,47)/t27-/m0/s1. The molecule has 0 bridgehead atoms. The van der Waals surface area contributed by atoms with Crippen molar-refractivity contribution in [1.29, 1.82) is 0 Å². The molecule has 6 amide bonds. The summed E-state index contributed by atoms with van der Waals surface area (Å²) in [5, 5.41) is 17.2. The molecular weight excluding hydrogens is 889 g/mol. The molecule has 5 aromatic rings. The van der Waals surface area contributed by atoms with Crippen LogP contribution in [0.2, 0.25) is 0 Å². The van der Waals surface area contributed by atoms with Crippen molar-refractivity contribution >= 4 is 81.5 Å². The van der Waals surface area contributed by atoms with Gasteiger partial charge < -0.3 is 62.8 Å². The Morgan fingerprint density at radius 3 is 1.99 bits per heavy atom. The fraction of sp³-hybridized carbons (Fsp3) is 0.415. The molecule has 0 aliphatic rings. The zero-order valence-corrected chi connectivity index (χ0v) is 37.0. The second-order valence-electron chi connectivity index (χ2n) is 15.2. The summed E-state index contributed by atoms with van der Waals surface area (Å²) in [6.07, 6.45) is 6.90. The van der Waals surface area contributed by atoms with Crippen LogP contribution in [0, 0.1) is 0 Å². The molecule has 0 saturated heterocycles.